The van der Waals surface area contributed by atoms with Gasteiger partial charge in [0.2, 0.25) is 0 Å². The van der Waals surface area contributed by atoms with Crippen LogP contribution in [0.2, 0.25) is 0 Å². The van der Waals surface area contributed by atoms with E-state index in [1.165, 1.54) is 6.92 Å². The first-order valence-corrected chi connectivity index (χ1v) is 3.72. The molecule has 0 rings (SSSR count). The molecule has 0 radical (unpaired) electrons. The first kappa shape index (κ1) is 12.0. The molecule has 0 spiro atoms. The molecule has 0 saturated carbocycles. The van der Waals surface area contributed by atoms with Gasteiger partial charge in [-0.25, -0.2) is 9.59 Å². The lowest BCUT2D eigenvalue weighted by atomic mass is 10.5. The van der Waals surface area contributed by atoms with Crippen molar-refractivity contribution in [3.8, 4) is 11.8 Å². The first-order valence-electron chi connectivity index (χ1n) is 3.72. The maximum atomic E-state index is 10.7. The molecule has 74 valence electrons. The number of hydrogen-bond donors (Lipinski definition) is 0. The fourth-order valence-corrected chi connectivity index (χ4v) is 0.508. The van der Waals surface area contributed by atoms with Gasteiger partial charge in [0.15, 0.2) is 0 Å². The Bertz CT molecular complexity index is 284. The molecule has 0 N–H and O–H groups in total. The van der Waals surface area contributed by atoms with Gasteiger partial charge in [-0.3, -0.25) is 0 Å². The third-order valence-corrected chi connectivity index (χ3v) is 1.04. The first-order chi connectivity index (χ1) is 6.63. The van der Waals surface area contributed by atoms with Crippen molar-refractivity contribution < 1.29 is 19.1 Å². The largest absolute Gasteiger partial charge is 0.410 e. The maximum Gasteiger partial charge on any atom is 0.333 e. The van der Waals surface area contributed by atoms with E-state index in [2.05, 4.69) is 34.5 Å². The molecule has 0 bridgehead atoms. The molecule has 0 aromatic carbocycles. The lowest BCUT2D eigenvalue weighted by Crippen LogP contribution is -2.21. The van der Waals surface area contributed by atoms with Crippen molar-refractivity contribution in [1.29, 1.82) is 0 Å². The molecule has 0 amide bonds. The van der Waals surface area contributed by atoms with Gasteiger partial charge < -0.3 is 9.47 Å². The highest BCUT2D eigenvalue weighted by Gasteiger charge is 2.12. The van der Waals surface area contributed by atoms with Crippen molar-refractivity contribution in [2.75, 3.05) is 0 Å². The van der Waals surface area contributed by atoms with Gasteiger partial charge >= 0.3 is 18.2 Å². The van der Waals surface area contributed by atoms with Crippen LogP contribution >= 0.6 is 0 Å². The quantitative estimate of drug-likeness (QED) is 0.287. The molecule has 4 nitrogen and oxygen atoms in total. The minimum Gasteiger partial charge on any atom is -0.410 e. The Morgan fingerprint density at radius 1 is 1.21 bits per heavy atom. The van der Waals surface area contributed by atoms with E-state index >= 15 is 0 Å². The lowest BCUT2D eigenvalue weighted by molar-refractivity contribution is -0.170. The summed E-state index contributed by atoms with van der Waals surface area (Å²) >= 11 is 0. The zero-order valence-electron chi connectivity index (χ0n) is 7.78. The van der Waals surface area contributed by atoms with E-state index in [1.54, 1.807) is 0 Å². The van der Waals surface area contributed by atoms with Crippen molar-refractivity contribution >= 4 is 11.9 Å². The Morgan fingerprint density at radius 2 is 1.64 bits per heavy atom. The predicted octanol–water partition coefficient (Wildman–Crippen LogP) is 0.794. The summed E-state index contributed by atoms with van der Waals surface area (Å²) in [5, 5.41) is 0. The van der Waals surface area contributed by atoms with E-state index < -0.39 is 18.2 Å². The summed E-state index contributed by atoms with van der Waals surface area (Å²) in [7, 11) is 0. The van der Waals surface area contributed by atoms with Crippen LogP contribution in [0, 0.1) is 11.8 Å². The van der Waals surface area contributed by atoms with E-state index in [1.807, 2.05) is 0 Å². The highest BCUT2D eigenvalue weighted by molar-refractivity contribution is 5.83. The maximum absolute atomic E-state index is 10.7. The van der Waals surface area contributed by atoms with E-state index in [4.69, 9.17) is 0 Å². The minimum atomic E-state index is -1.21. The van der Waals surface area contributed by atoms with Crippen LogP contribution in [0.4, 0.5) is 0 Å². The monoisotopic (exact) mass is 194 g/mol. The Morgan fingerprint density at radius 3 is 1.93 bits per heavy atom. The third-order valence-electron chi connectivity index (χ3n) is 1.04. The molecular weight excluding hydrogens is 184 g/mol. The Balaban J connectivity index is 4.34. The molecule has 0 fully saturated rings. The molecular formula is C10H10O4. The summed E-state index contributed by atoms with van der Waals surface area (Å²) < 4.78 is 9.18. The molecule has 0 saturated heterocycles. The second-order valence-corrected chi connectivity index (χ2v) is 2.01. The van der Waals surface area contributed by atoms with Gasteiger partial charge in [-0.2, -0.15) is 0 Å². The molecule has 0 aliphatic rings. The Kier molecular flexibility index (Phi) is 5.55. The molecule has 0 heterocycles. The van der Waals surface area contributed by atoms with E-state index in [9.17, 15) is 9.59 Å². The number of carbonyl (C=O) groups is 2. The topological polar surface area (TPSA) is 52.6 Å². The van der Waals surface area contributed by atoms with Crippen molar-refractivity contribution in [2.45, 2.75) is 13.2 Å². The van der Waals surface area contributed by atoms with Crippen LogP contribution in [0.5, 0.6) is 0 Å². The zero-order chi connectivity index (χ0) is 11.0. The SMILES string of the molecule is C=CC(=O)OC(C#CC)OC(=O)C=C. The molecule has 0 aromatic heterocycles. The van der Waals surface area contributed by atoms with Gasteiger partial charge in [-0.15, -0.1) is 0 Å². The van der Waals surface area contributed by atoms with Gasteiger partial charge in [-0.05, 0) is 12.8 Å². The summed E-state index contributed by atoms with van der Waals surface area (Å²) in [5.41, 5.74) is 0. The lowest BCUT2D eigenvalue weighted by Gasteiger charge is -2.09. The van der Waals surface area contributed by atoms with Crippen LogP contribution in [0.3, 0.4) is 0 Å². The van der Waals surface area contributed by atoms with Crippen molar-refractivity contribution in [1.82, 2.24) is 0 Å². The normalized spacial score (nSPS) is 8.14. The summed E-state index contributed by atoms with van der Waals surface area (Å²) in [6.07, 6.45) is 0.689. The fourth-order valence-electron chi connectivity index (χ4n) is 0.508. The van der Waals surface area contributed by atoms with Crippen molar-refractivity contribution in [3.63, 3.8) is 0 Å². The van der Waals surface area contributed by atoms with E-state index in [0.717, 1.165) is 12.2 Å². The third kappa shape index (κ3) is 4.78. The smallest absolute Gasteiger partial charge is 0.333 e. The Labute approximate surface area is 82.2 Å². The number of esters is 2. The van der Waals surface area contributed by atoms with E-state index in [0.29, 0.717) is 0 Å². The molecule has 0 aliphatic heterocycles. The van der Waals surface area contributed by atoms with Gasteiger partial charge in [0.05, 0.1) is 0 Å². The fraction of sp³-hybridized carbons (Fsp3) is 0.200. The summed E-state index contributed by atoms with van der Waals surface area (Å²) in [6, 6.07) is 0. The van der Waals surface area contributed by atoms with E-state index in [-0.39, 0.29) is 0 Å². The van der Waals surface area contributed by atoms with Gasteiger partial charge in [0.25, 0.3) is 0 Å². The van der Waals surface area contributed by atoms with Crippen molar-refractivity contribution in [3.05, 3.63) is 25.3 Å². The molecule has 14 heavy (non-hydrogen) atoms. The average Bonchev–Trinajstić information content (AvgIpc) is 2.17. The van der Waals surface area contributed by atoms with Crippen LogP contribution in [-0.4, -0.2) is 18.2 Å². The molecule has 0 aromatic rings. The Hall–Kier alpha value is -2.02. The summed E-state index contributed by atoms with van der Waals surface area (Å²) in [4.78, 5) is 21.5. The molecule has 0 aliphatic carbocycles. The highest BCUT2D eigenvalue weighted by Crippen LogP contribution is 1.96. The number of rotatable bonds is 4. The van der Waals surface area contributed by atoms with Crippen LogP contribution in [0.25, 0.3) is 0 Å². The van der Waals surface area contributed by atoms with Gasteiger partial charge in [0.1, 0.15) is 0 Å². The van der Waals surface area contributed by atoms with Crippen molar-refractivity contribution in [2.24, 2.45) is 0 Å². The highest BCUT2D eigenvalue weighted by atomic mass is 16.7. The number of carbonyl (C=O) groups excluding carboxylic acids is 2. The number of ether oxygens (including phenoxy) is 2. The second kappa shape index (κ2) is 6.49. The predicted molar refractivity (Wildman–Crippen MR) is 49.8 cm³/mol. The molecule has 4 heteroatoms. The molecule has 0 unspecified atom stereocenters. The average molecular weight is 194 g/mol. The van der Waals surface area contributed by atoms with Gasteiger partial charge in [-0.1, -0.05) is 19.1 Å². The summed E-state index contributed by atoms with van der Waals surface area (Å²) in [5.74, 6) is 3.41. The van der Waals surface area contributed by atoms with Crippen LogP contribution in [0.1, 0.15) is 6.92 Å². The minimum absolute atomic E-state index is 0.713. The summed E-state index contributed by atoms with van der Waals surface area (Å²) in [6.45, 7) is 7.90. The van der Waals surface area contributed by atoms with Crippen LogP contribution in [0.15, 0.2) is 25.3 Å². The number of hydrogen-bond acceptors (Lipinski definition) is 4. The van der Waals surface area contributed by atoms with Crippen LogP contribution < -0.4 is 0 Å². The standard InChI is InChI=1S/C10H10O4/c1-4-7-10(13-8(11)5-2)14-9(12)6-3/h5-6,10H,2-3H2,1H3. The zero-order valence-corrected chi connectivity index (χ0v) is 7.78. The van der Waals surface area contributed by atoms with Gasteiger partial charge in [0, 0.05) is 12.2 Å². The molecule has 0 atom stereocenters. The second-order valence-electron chi connectivity index (χ2n) is 2.01. The van der Waals surface area contributed by atoms with Crippen LogP contribution in [-0.2, 0) is 19.1 Å².